The van der Waals surface area contributed by atoms with Crippen LogP contribution in [0.2, 0.25) is 0 Å². The van der Waals surface area contributed by atoms with E-state index in [9.17, 15) is 4.39 Å². The molecular weight excluding hydrogens is 323 g/mol. The minimum absolute atomic E-state index is 0.370. The Kier molecular flexibility index (Phi) is 3.31. The van der Waals surface area contributed by atoms with Crippen LogP contribution in [0, 0.1) is 5.82 Å². The minimum Gasteiger partial charge on any atom is -0.372 e. The second kappa shape index (κ2) is 5.13. The number of hydrogen-bond donors (Lipinski definition) is 1. The zero-order valence-electron chi connectivity index (χ0n) is 10.6. The summed E-state index contributed by atoms with van der Waals surface area (Å²) >= 11 is 3.17. The second-order valence-electron chi connectivity index (χ2n) is 4.14. The minimum atomic E-state index is -0.371. The van der Waals surface area contributed by atoms with Crippen LogP contribution in [0.3, 0.4) is 0 Å². The van der Waals surface area contributed by atoms with Crippen LogP contribution in [0.25, 0.3) is 22.3 Å². The van der Waals surface area contributed by atoms with Gasteiger partial charge in [-0.3, -0.25) is 4.98 Å². The lowest BCUT2D eigenvalue weighted by Gasteiger charge is -2.09. The molecule has 6 heteroatoms. The van der Waals surface area contributed by atoms with E-state index in [0.29, 0.717) is 27.0 Å². The molecule has 2 heterocycles. The molecule has 0 spiro atoms. The quantitative estimate of drug-likeness (QED) is 0.778. The largest absolute Gasteiger partial charge is 0.372 e. The van der Waals surface area contributed by atoms with E-state index in [0.717, 1.165) is 5.56 Å². The zero-order chi connectivity index (χ0) is 14.1. The number of pyridine rings is 1. The van der Waals surface area contributed by atoms with Gasteiger partial charge < -0.3 is 5.32 Å². The smallest absolute Gasteiger partial charge is 0.163 e. The molecule has 2 aromatic heterocycles. The Morgan fingerprint density at radius 2 is 2.05 bits per heavy atom. The van der Waals surface area contributed by atoms with Crippen molar-refractivity contribution in [3.05, 3.63) is 46.9 Å². The van der Waals surface area contributed by atoms with Gasteiger partial charge in [0.15, 0.2) is 5.82 Å². The molecular formula is C14H10BrFN4. The number of benzene rings is 1. The predicted molar refractivity (Wildman–Crippen MR) is 80.0 cm³/mol. The van der Waals surface area contributed by atoms with Crippen molar-refractivity contribution in [2.75, 3.05) is 12.4 Å². The topological polar surface area (TPSA) is 50.7 Å². The van der Waals surface area contributed by atoms with Gasteiger partial charge in [-0.2, -0.15) is 0 Å². The van der Waals surface area contributed by atoms with Gasteiger partial charge in [0.2, 0.25) is 0 Å². The van der Waals surface area contributed by atoms with E-state index < -0.39 is 0 Å². The van der Waals surface area contributed by atoms with Gasteiger partial charge in [0, 0.05) is 25.0 Å². The summed E-state index contributed by atoms with van der Waals surface area (Å²) in [5, 5.41) is 3.29. The maximum absolute atomic E-state index is 14.2. The molecule has 0 radical (unpaired) electrons. The van der Waals surface area contributed by atoms with Gasteiger partial charge in [-0.1, -0.05) is 0 Å². The fourth-order valence-electron chi connectivity index (χ4n) is 1.96. The molecule has 0 unspecified atom stereocenters. The van der Waals surface area contributed by atoms with Crippen LogP contribution in [0.15, 0.2) is 41.1 Å². The lowest BCUT2D eigenvalue weighted by atomic mass is 10.2. The number of nitrogens with one attached hydrogen (secondary N) is 1. The molecule has 20 heavy (non-hydrogen) atoms. The van der Waals surface area contributed by atoms with Gasteiger partial charge in [0.05, 0.1) is 15.4 Å². The molecule has 0 aliphatic rings. The number of anilines is 1. The Balaban J connectivity index is 2.31. The normalized spacial score (nSPS) is 10.8. The van der Waals surface area contributed by atoms with Crippen molar-refractivity contribution >= 4 is 32.7 Å². The summed E-state index contributed by atoms with van der Waals surface area (Å²) in [7, 11) is 1.70. The number of aromatic nitrogens is 3. The number of halogens is 2. The van der Waals surface area contributed by atoms with Crippen LogP contribution in [-0.2, 0) is 0 Å². The van der Waals surface area contributed by atoms with Gasteiger partial charge in [0.25, 0.3) is 0 Å². The first-order chi connectivity index (χ1) is 9.70. The molecule has 0 bridgehead atoms. The Bertz CT molecular complexity index is 777. The van der Waals surface area contributed by atoms with E-state index in [1.165, 1.54) is 0 Å². The average molecular weight is 333 g/mol. The fourth-order valence-corrected chi connectivity index (χ4v) is 2.30. The molecule has 0 saturated heterocycles. The molecule has 3 aromatic rings. The first-order valence-electron chi connectivity index (χ1n) is 5.94. The van der Waals surface area contributed by atoms with Crippen molar-refractivity contribution < 1.29 is 4.39 Å². The Hall–Kier alpha value is -2.08. The Labute approximate surface area is 123 Å². The van der Waals surface area contributed by atoms with Crippen molar-refractivity contribution in [1.82, 2.24) is 15.0 Å². The van der Waals surface area contributed by atoms with Crippen molar-refractivity contribution in [2.24, 2.45) is 0 Å². The van der Waals surface area contributed by atoms with Crippen LogP contribution in [0.1, 0.15) is 0 Å². The van der Waals surface area contributed by atoms with Gasteiger partial charge in [-0.05, 0) is 40.2 Å². The van der Waals surface area contributed by atoms with E-state index in [4.69, 9.17) is 0 Å². The number of fused-ring (bicyclic) bond motifs is 1. The van der Waals surface area contributed by atoms with Gasteiger partial charge in [-0.25, -0.2) is 14.4 Å². The van der Waals surface area contributed by atoms with E-state index in [1.54, 1.807) is 31.6 Å². The summed E-state index contributed by atoms with van der Waals surface area (Å²) in [6.07, 6.45) is 3.36. The highest BCUT2D eigenvalue weighted by Crippen LogP contribution is 2.30. The maximum atomic E-state index is 14.2. The van der Waals surface area contributed by atoms with Gasteiger partial charge in [0.1, 0.15) is 11.6 Å². The molecule has 1 aromatic carbocycles. The monoisotopic (exact) mass is 332 g/mol. The summed E-state index contributed by atoms with van der Waals surface area (Å²) in [5.41, 5.74) is 1.33. The van der Waals surface area contributed by atoms with Crippen molar-refractivity contribution in [3.63, 3.8) is 0 Å². The van der Waals surface area contributed by atoms with Crippen LogP contribution in [0.5, 0.6) is 0 Å². The Morgan fingerprint density at radius 1 is 1.20 bits per heavy atom. The third-order valence-electron chi connectivity index (χ3n) is 2.91. The Morgan fingerprint density at radius 3 is 2.75 bits per heavy atom. The van der Waals surface area contributed by atoms with Crippen molar-refractivity contribution in [1.29, 1.82) is 0 Å². The molecule has 0 aliphatic heterocycles. The lowest BCUT2D eigenvalue weighted by Crippen LogP contribution is -2.00. The van der Waals surface area contributed by atoms with E-state index in [1.807, 2.05) is 12.1 Å². The number of rotatable bonds is 2. The summed E-state index contributed by atoms with van der Waals surface area (Å²) in [5.74, 6) is 0.592. The molecule has 1 N–H and O–H groups in total. The lowest BCUT2D eigenvalue weighted by molar-refractivity contribution is 0.633. The van der Waals surface area contributed by atoms with Crippen LogP contribution < -0.4 is 5.32 Å². The van der Waals surface area contributed by atoms with Crippen molar-refractivity contribution in [3.8, 4) is 11.4 Å². The summed E-state index contributed by atoms with van der Waals surface area (Å²) in [4.78, 5) is 12.8. The first kappa shape index (κ1) is 12.9. The number of hydrogen-bond acceptors (Lipinski definition) is 4. The molecule has 0 saturated carbocycles. The summed E-state index contributed by atoms with van der Waals surface area (Å²) < 4.78 is 14.6. The van der Waals surface area contributed by atoms with Crippen molar-refractivity contribution in [2.45, 2.75) is 0 Å². The highest BCUT2D eigenvalue weighted by molar-refractivity contribution is 9.10. The fraction of sp³-hybridized carbons (Fsp3) is 0.0714. The highest BCUT2D eigenvalue weighted by atomic mass is 79.9. The van der Waals surface area contributed by atoms with Crippen LogP contribution in [0.4, 0.5) is 10.2 Å². The zero-order valence-corrected chi connectivity index (χ0v) is 12.1. The molecule has 0 atom stereocenters. The third-order valence-corrected chi connectivity index (χ3v) is 3.52. The van der Waals surface area contributed by atoms with E-state index in [2.05, 4.69) is 36.2 Å². The summed E-state index contributed by atoms with van der Waals surface area (Å²) in [6.45, 7) is 0. The number of nitrogens with zero attached hydrogens (tertiary/aromatic N) is 3. The molecule has 0 fully saturated rings. The third kappa shape index (κ3) is 2.12. The van der Waals surface area contributed by atoms with Crippen LogP contribution in [-0.4, -0.2) is 22.0 Å². The molecule has 0 aliphatic carbocycles. The SMILES string of the molecule is CNc1nc(-c2cccnc2)nc2ccc(Br)c(F)c12. The highest BCUT2D eigenvalue weighted by Gasteiger charge is 2.14. The molecule has 3 rings (SSSR count). The van der Waals surface area contributed by atoms with Crippen LogP contribution >= 0.6 is 15.9 Å². The maximum Gasteiger partial charge on any atom is 0.163 e. The molecule has 4 nitrogen and oxygen atoms in total. The molecule has 100 valence electrons. The average Bonchev–Trinajstić information content (AvgIpc) is 2.50. The van der Waals surface area contributed by atoms with E-state index in [-0.39, 0.29) is 5.82 Å². The summed E-state index contributed by atoms with van der Waals surface area (Å²) in [6, 6.07) is 7.06. The first-order valence-corrected chi connectivity index (χ1v) is 6.74. The van der Waals surface area contributed by atoms with Gasteiger partial charge in [-0.15, -0.1) is 0 Å². The second-order valence-corrected chi connectivity index (χ2v) is 5.00. The predicted octanol–water partition coefficient (Wildman–Crippen LogP) is 3.64. The van der Waals surface area contributed by atoms with Gasteiger partial charge >= 0.3 is 0 Å². The van der Waals surface area contributed by atoms with E-state index >= 15 is 0 Å². The standard InChI is InChI=1S/C14H10BrFN4/c1-17-14-11-10(5-4-9(15)12(11)16)19-13(20-14)8-3-2-6-18-7-8/h2-7H,1H3,(H,17,19,20). The molecule has 0 amide bonds.